The largest absolute Gasteiger partial charge is 0.493 e. The fourth-order valence-corrected chi connectivity index (χ4v) is 4.42. The van der Waals surface area contributed by atoms with E-state index < -0.39 is 0 Å². The van der Waals surface area contributed by atoms with Crippen LogP contribution in [-0.2, 0) is 4.79 Å². The average molecular weight is 494 g/mol. The van der Waals surface area contributed by atoms with Crippen molar-refractivity contribution in [2.75, 3.05) is 27.4 Å². The van der Waals surface area contributed by atoms with Crippen molar-refractivity contribution < 1.29 is 19.0 Å². The molecule has 0 bridgehead atoms. The number of amides is 1. The summed E-state index contributed by atoms with van der Waals surface area (Å²) in [5, 5.41) is 0. The van der Waals surface area contributed by atoms with Crippen LogP contribution >= 0.6 is 39.9 Å². The molecule has 8 heteroatoms. The quantitative estimate of drug-likeness (QED) is 0.305. The van der Waals surface area contributed by atoms with Crippen LogP contribution in [0.25, 0.3) is 6.08 Å². The third kappa shape index (κ3) is 5.32. The van der Waals surface area contributed by atoms with E-state index in [9.17, 15) is 4.79 Å². The van der Waals surface area contributed by atoms with Gasteiger partial charge in [0.1, 0.15) is 23.3 Å². The number of nitrogens with zero attached hydrogens (tertiary/aromatic N) is 1. The van der Waals surface area contributed by atoms with E-state index in [0.29, 0.717) is 33.9 Å². The Bertz CT molecular complexity index is 977. The van der Waals surface area contributed by atoms with Crippen molar-refractivity contribution >= 4 is 56.2 Å². The van der Waals surface area contributed by atoms with Gasteiger partial charge in [-0.05, 0) is 64.3 Å². The van der Waals surface area contributed by atoms with E-state index in [1.165, 1.54) is 16.7 Å². The van der Waals surface area contributed by atoms with Crippen molar-refractivity contribution in [3.63, 3.8) is 0 Å². The Morgan fingerprint density at radius 1 is 1.21 bits per heavy atom. The Labute approximate surface area is 188 Å². The second-order valence-corrected chi connectivity index (χ2v) is 8.82. The van der Waals surface area contributed by atoms with Crippen LogP contribution in [0.4, 0.5) is 0 Å². The number of carbonyl (C=O) groups is 1. The van der Waals surface area contributed by atoms with Crippen LogP contribution in [-0.4, -0.2) is 42.5 Å². The Hall–Kier alpha value is -2.03. The maximum atomic E-state index is 12.2. The van der Waals surface area contributed by atoms with E-state index in [1.807, 2.05) is 43.3 Å². The molecule has 0 spiro atoms. The van der Waals surface area contributed by atoms with Crippen molar-refractivity contribution in [2.24, 2.45) is 0 Å². The van der Waals surface area contributed by atoms with E-state index in [2.05, 4.69) is 15.9 Å². The molecular formula is C21H20BrNO4S2. The molecule has 0 unspecified atom stereocenters. The summed E-state index contributed by atoms with van der Waals surface area (Å²) < 4.78 is 18.3. The Morgan fingerprint density at radius 2 is 1.97 bits per heavy atom. The van der Waals surface area contributed by atoms with E-state index in [-0.39, 0.29) is 5.91 Å². The summed E-state index contributed by atoms with van der Waals surface area (Å²) in [7, 11) is 3.25. The number of halogens is 1. The maximum absolute atomic E-state index is 12.2. The van der Waals surface area contributed by atoms with Gasteiger partial charge in [0.2, 0.25) is 0 Å². The topological polar surface area (TPSA) is 48.0 Å². The number of likely N-dealkylation sites (N-methyl/N-ethyl adjacent to an activating group) is 1. The first kappa shape index (κ1) is 21.7. The van der Waals surface area contributed by atoms with Crippen LogP contribution < -0.4 is 14.2 Å². The zero-order valence-corrected chi connectivity index (χ0v) is 19.4. The van der Waals surface area contributed by atoms with Crippen molar-refractivity contribution in [3.8, 4) is 17.2 Å². The molecule has 2 aromatic rings. The van der Waals surface area contributed by atoms with Gasteiger partial charge >= 0.3 is 0 Å². The van der Waals surface area contributed by atoms with Gasteiger partial charge in [0.25, 0.3) is 5.91 Å². The summed E-state index contributed by atoms with van der Waals surface area (Å²) in [5.41, 5.74) is 1.95. The molecule has 0 radical (unpaired) electrons. The van der Waals surface area contributed by atoms with Gasteiger partial charge in [-0.3, -0.25) is 9.69 Å². The molecule has 29 heavy (non-hydrogen) atoms. The Kier molecular flexibility index (Phi) is 7.21. The van der Waals surface area contributed by atoms with Crippen LogP contribution in [0.1, 0.15) is 11.1 Å². The molecule has 1 aliphatic heterocycles. The fraction of sp³-hybridized carbons (Fsp3) is 0.238. The Balaban J connectivity index is 1.68. The van der Waals surface area contributed by atoms with Crippen molar-refractivity contribution in [3.05, 3.63) is 56.9 Å². The summed E-state index contributed by atoms with van der Waals surface area (Å²) in [6.45, 7) is 2.78. The van der Waals surface area contributed by atoms with Gasteiger partial charge in [-0.2, -0.15) is 0 Å². The molecule has 0 aromatic heterocycles. The van der Waals surface area contributed by atoms with Crippen LogP contribution in [0.3, 0.4) is 0 Å². The van der Waals surface area contributed by atoms with Gasteiger partial charge in [0.15, 0.2) is 11.5 Å². The summed E-state index contributed by atoms with van der Waals surface area (Å²) >= 11 is 9.98. The smallest absolute Gasteiger partial charge is 0.265 e. The number of ether oxygens (including phenoxy) is 3. The number of aryl methyl sites for hydroxylation is 1. The molecule has 0 atom stereocenters. The van der Waals surface area contributed by atoms with Crippen LogP contribution in [0.15, 0.2) is 45.8 Å². The lowest BCUT2D eigenvalue weighted by molar-refractivity contribution is -0.121. The van der Waals surface area contributed by atoms with Crippen LogP contribution in [0.5, 0.6) is 17.2 Å². The molecule has 2 aromatic carbocycles. The van der Waals surface area contributed by atoms with E-state index in [0.717, 1.165) is 21.3 Å². The molecule has 152 valence electrons. The summed E-state index contributed by atoms with van der Waals surface area (Å²) in [6.07, 6.45) is 1.79. The molecular weight excluding hydrogens is 474 g/mol. The molecule has 3 rings (SSSR count). The number of hydrogen-bond donors (Lipinski definition) is 0. The molecule has 1 fully saturated rings. The van der Waals surface area contributed by atoms with Crippen molar-refractivity contribution in [2.45, 2.75) is 6.92 Å². The predicted octanol–water partition coefficient (Wildman–Crippen LogP) is 5.05. The molecule has 0 aliphatic carbocycles. The average Bonchev–Trinajstić information content (AvgIpc) is 2.93. The number of thiocarbonyl (C=S) groups is 1. The van der Waals surface area contributed by atoms with Gasteiger partial charge in [-0.1, -0.05) is 36.1 Å². The van der Waals surface area contributed by atoms with Gasteiger partial charge in [0, 0.05) is 7.05 Å². The molecule has 0 N–H and O–H groups in total. The number of methoxy groups -OCH3 is 1. The third-order valence-electron chi connectivity index (χ3n) is 4.12. The third-order valence-corrected chi connectivity index (χ3v) is 6.20. The highest BCUT2D eigenvalue weighted by molar-refractivity contribution is 9.10. The zero-order valence-electron chi connectivity index (χ0n) is 16.2. The number of rotatable bonds is 7. The second-order valence-electron chi connectivity index (χ2n) is 6.29. The van der Waals surface area contributed by atoms with Crippen molar-refractivity contribution in [1.82, 2.24) is 4.90 Å². The van der Waals surface area contributed by atoms with Gasteiger partial charge in [-0.15, -0.1) is 0 Å². The molecule has 5 nitrogen and oxygen atoms in total. The molecule has 1 amide bonds. The minimum atomic E-state index is -0.108. The SMILES string of the molecule is COc1cc(/C=C2\SC(=S)N(C)C2=O)cc(Br)c1OCCOc1cccc(C)c1. The lowest BCUT2D eigenvalue weighted by Crippen LogP contribution is -2.22. The molecule has 1 aliphatic rings. The monoisotopic (exact) mass is 493 g/mol. The van der Waals surface area contributed by atoms with Crippen LogP contribution in [0.2, 0.25) is 0 Å². The lowest BCUT2D eigenvalue weighted by Gasteiger charge is -2.14. The molecule has 1 heterocycles. The van der Waals surface area contributed by atoms with Gasteiger partial charge < -0.3 is 14.2 Å². The minimum absolute atomic E-state index is 0.108. The number of hydrogen-bond acceptors (Lipinski definition) is 6. The first-order valence-electron chi connectivity index (χ1n) is 8.80. The zero-order chi connectivity index (χ0) is 21.0. The maximum Gasteiger partial charge on any atom is 0.265 e. The number of carbonyl (C=O) groups excluding carboxylic acids is 1. The number of benzene rings is 2. The number of thioether (sulfide) groups is 1. The van der Waals surface area contributed by atoms with E-state index >= 15 is 0 Å². The molecule has 1 saturated heterocycles. The lowest BCUT2D eigenvalue weighted by atomic mass is 10.2. The van der Waals surface area contributed by atoms with Crippen LogP contribution in [0, 0.1) is 6.92 Å². The fourth-order valence-electron chi connectivity index (χ4n) is 2.67. The normalized spacial score (nSPS) is 15.2. The van der Waals surface area contributed by atoms with Gasteiger partial charge in [-0.25, -0.2) is 0 Å². The van der Waals surface area contributed by atoms with Gasteiger partial charge in [0.05, 0.1) is 16.5 Å². The van der Waals surface area contributed by atoms with Crippen molar-refractivity contribution in [1.29, 1.82) is 0 Å². The highest BCUT2D eigenvalue weighted by atomic mass is 79.9. The minimum Gasteiger partial charge on any atom is -0.493 e. The summed E-state index contributed by atoms with van der Waals surface area (Å²) in [6, 6.07) is 11.6. The summed E-state index contributed by atoms with van der Waals surface area (Å²) in [4.78, 5) is 14.2. The standard InChI is InChI=1S/C21H20BrNO4S2/c1-13-5-4-6-15(9-13)26-7-8-27-19-16(22)10-14(11-17(19)25-3)12-18-20(24)23(2)21(28)29-18/h4-6,9-12H,7-8H2,1-3H3/b18-12-. The van der Waals surface area contributed by atoms with E-state index in [4.69, 9.17) is 26.4 Å². The predicted molar refractivity (Wildman–Crippen MR) is 124 cm³/mol. The Morgan fingerprint density at radius 3 is 2.62 bits per heavy atom. The first-order valence-corrected chi connectivity index (χ1v) is 10.8. The van der Waals surface area contributed by atoms with E-state index in [1.54, 1.807) is 20.2 Å². The first-order chi connectivity index (χ1) is 13.9. The second kappa shape index (κ2) is 9.65. The summed E-state index contributed by atoms with van der Waals surface area (Å²) in [5.74, 6) is 1.85. The molecule has 0 saturated carbocycles. The highest BCUT2D eigenvalue weighted by Crippen LogP contribution is 2.39. The highest BCUT2D eigenvalue weighted by Gasteiger charge is 2.28.